The molecule has 0 bridgehead atoms. The third-order valence-electron chi connectivity index (χ3n) is 3.82. The van der Waals surface area contributed by atoms with Crippen molar-refractivity contribution >= 4 is 0 Å². The first-order valence-electron chi connectivity index (χ1n) is 6.30. The van der Waals surface area contributed by atoms with E-state index in [4.69, 9.17) is 6.42 Å². The lowest BCUT2D eigenvalue weighted by Gasteiger charge is -2.37. The Kier molecular flexibility index (Phi) is 4.05. The Morgan fingerprint density at radius 2 is 1.73 bits per heavy atom. The molecular weight excluding hydrogens is 184 g/mol. The van der Waals surface area contributed by atoms with E-state index in [1.54, 1.807) is 0 Å². The fourth-order valence-corrected chi connectivity index (χ4v) is 2.84. The van der Waals surface area contributed by atoms with Gasteiger partial charge in [-0.15, -0.1) is 12.3 Å². The quantitative estimate of drug-likeness (QED) is 0.647. The van der Waals surface area contributed by atoms with Crippen molar-refractivity contribution in [2.75, 3.05) is 32.7 Å². The molecule has 1 saturated carbocycles. The highest BCUT2D eigenvalue weighted by atomic mass is 15.3. The zero-order valence-electron chi connectivity index (χ0n) is 9.62. The van der Waals surface area contributed by atoms with Gasteiger partial charge >= 0.3 is 0 Å². The molecule has 1 saturated heterocycles. The van der Waals surface area contributed by atoms with Gasteiger partial charge in [0.05, 0.1) is 0 Å². The van der Waals surface area contributed by atoms with Gasteiger partial charge in [0.15, 0.2) is 0 Å². The molecule has 0 atom stereocenters. The summed E-state index contributed by atoms with van der Waals surface area (Å²) in [6.45, 7) is 6.05. The zero-order chi connectivity index (χ0) is 10.5. The predicted molar refractivity (Wildman–Crippen MR) is 63.7 cm³/mol. The molecule has 2 aliphatic rings. The third-order valence-corrected chi connectivity index (χ3v) is 3.82. The molecule has 0 aromatic heterocycles. The van der Waals surface area contributed by atoms with Crippen molar-refractivity contribution in [3.05, 3.63) is 0 Å². The molecular formula is C13H22N2. The molecule has 0 N–H and O–H groups in total. The van der Waals surface area contributed by atoms with Gasteiger partial charge < -0.3 is 0 Å². The SMILES string of the molecule is C#CCCN1CCN(C2CCCC2)CC1. The summed E-state index contributed by atoms with van der Waals surface area (Å²) in [5, 5.41) is 0. The second kappa shape index (κ2) is 5.53. The highest BCUT2D eigenvalue weighted by Crippen LogP contribution is 2.24. The summed E-state index contributed by atoms with van der Waals surface area (Å²) in [4.78, 5) is 5.20. The van der Waals surface area contributed by atoms with Gasteiger partial charge in [-0.05, 0) is 12.8 Å². The Morgan fingerprint density at radius 3 is 2.33 bits per heavy atom. The van der Waals surface area contributed by atoms with Gasteiger partial charge in [0.25, 0.3) is 0 Å². The van der Waals surface area contributed by atoms with E-state index >= 15 is 0 Å². The first-order chi connectivity index (χ1) is 7.40. The number of piperazine rings is 1. The first-order valence-corrected chi connectivity index (χ1v) is 6.30. The Bertz CT molecular complexity index is 217. The van der Waals surface area contributed by atoms with Gasteiger partial charge in [0, 0.05) is 45.2 Å². The molecule has 0 aromatic rings. The molecule has 0 aromatic carbocycles. The molecule has 1 aliphatic heterocycles. The largest absolute Gasteiger partial charge is 0.300 e. The monoisotopic (exact) mass is 206 g/mol. The molecule has 0 radical (unpaired) electrons. The molecule has 0 amide bonds. The Labute approximate surface area is 93.6 Å². The van der Waals surface area contributed by atoms with Crippen LogP contribution in [0.25, 0.3) is 0 Å². The average Bonchev–Trinajstić information content (AvgIpc) is 2.80. The maximum absolute atomic E-state index is 5.29. The van der Waals surface area contributed by atoms with E-state index in [2.05, 4.69) is 15.7 Å². The second-order valence-corrected chi connectivity index (χ2v) is 4.77. The van der Waals surface area contributed by atoms with E-state index in [1.165, 1.54) is 51.9 Å². The minimum atomic E-state index is 0.903. The molecule has 2 rings (SSSR count). The topological polar surface area (TPSA) is 6.48 Å². The summed E-state index contributed by atoms with van der Waals surface area (Å²) in [5.74, 6) is 2.73. The van der Waals surface area contributed by atoms with Crippen molar-refractivity contribution in [3.63, 3.8) is 0 Å². The van der Waals surface area contributed by atoms with Crippen molar-refractivity contribution in [3.8, 4) is 12.3 Å². The minimum Gasteiger partial charge on any atom is -0.300 e. The minimum absolute atomic E-state index is 0.903. The fourth-order valence-electron chi connectivity index (χ4n) is 2.84. The number of nitrogens with zero attached hydrogens (tertiary/aromatic N) is 2. The summed E-state index contributed by atoms with van der Waals surface area (Å²) in [7, 11) is 0. The summed E-state index contributed by atoms with van der Waals surface area (Å²) in [6.07, 6.45) is 12.0. The van der Waals surface area contributed by atoms with Crippen LogP contribution in [-0.2, 0) is 0 Å². The highest BCUT2D eigenvalue weighted by molar-refractivity contribution is 4.87. The molecule has 15 heavy (non-hydrogen) atoms. The number of terminal acetylenes is 1. The number of rotatable bonds is 3. The van der Waals surface area contributed by atoms with E-state index < -0.39 is 0 Å². The zero-order valence-corrected chi connectivity index (χ0v) is 9.62. The maximum Gasteiger partial charge on any atom is 0.0214 e. The van der Waals surface area contributed by atoms with Crippen LogP contribution >= 0.6 is 0 Å². The Hall–Kier alpha value is -0.520. The molecule has 84 valence electrons. The Morgan fingerprint density at radius 1 is 1.07 bits per heavy atom. The van der Waals surface area contributed by atoms with Crippen molar-refractivity contribution in [1.29, 1.82) is 0 Å². The fraction of sp³-hybridized carbons (Fsp3) is 0.846. The second-order valence-electron chi connectivity index (χ2n) is 4.77. The molecule has 0 unspecified atom stereocenters. The van der Waals surface area contributed by atoms with Crippen LogP contribution in [0.3, 0.4) is 0 Å². The van der Waals surface area contributed by atoms with Gasteiger partial charge in [-0.2, -0.15) is 0 Å². The van der Waals surface area contributed by atoms with Crippen LogP contribution < -0.4 is 0 Å². The smallest absolute Gasteiger partial charge is 0.0214 e. The lowest BCUT2D eigenvalue weighted by Crippen LogP contribution is -2.49. The van der Waals surface area contributed by atoms with E-state index in [0.29, 0.717) is 0 Å². The van der Waals surface area contributed by atoms with E-state index in [-0.39, 0.29) is 0 Å². The molecule has 2 heteroatoms. The standard InChI is InChI=1S/C13H22N2/c1-2-3-8-14-9-11-15(12-10-14)13-6-4-5-7-13/h1,13H,3-12H2. The van der Waals surface area contributed by atoms with Crippen molar-refractivity contribution in [2.45, 2.75) is 38.1 Å². The summed E-state index contributed by atoms with van der Waals surface area (Å²) in [5.41, 5.74) is 0. The van der Waals surface area contributed by atoms with Crippen LogP contribution in [0.15, 0.2) is 0 Å². The lowest BCUT2D eigenvalue weighted by atomic mass is 10.2. The van der Waals surface area contributed by atoms with Crippen LogP contribution in [0.1, 0.15) is 32.1 Å². The van der Waals surface area contributed by atoms with Gasteiger partial charge in [-0.1, -0.05) is 12.8 Å². The molecule has 0 spiro atoms. The molecule has 1 aliphatic carbocycles. The first kappa shape index (κ1) is 11.0. The van der Waals surface area contributed by atoms with Crippen molar-refractivity contribution < 1.29 is 0 Å². The lowest BCUT2D eigenvalue weighted by molar-refractivity contribution is 0.0994. The maximum atomic E-state index is 5.29. The van der Waals surface area contributed by atoms with Gasteiger partial charge in [-0.25, -0.2) is 0 Å². The van der Waals surface area contributed by atoms with Crippen molar-refractivity contribution in [1.82, 2.24) is 9.80 Å². The number of hydrogen-bond acceptors (Lipinski definition) is 2. The molecule has 2 nitrogen and oxygen atoms in total. The van der Waals surface area contributed by atoms with Crippen molar-refractivity contribution in [2.24, 2.45) is 0 Å². The predicted octanol–water partition coefficient (Wildman–Crippen LogP) is 1.57. The van der Waals surface area contributed by atoms with Gasteiger partial charge in [0.1, 0.15) is 0 Å². The van der Waals surface area contributed by atoms with Crippen LogP contribution in [0.2, 0.25) is 0 Å². The number of hydrogen-bond donors (Lipinski definition) is 0. The Balaban J connectivity index is 1.69. The van der Waals surface area contributed by atoms with Crippen LogP contribution in [0.4, 0.5) is 0 Å². The summed E-state index contributed by atoms with van der Waals surface area (Å²) in [6, 6.07) is 0.903. The third kappa shape index (κ3) is 2.96. The van der Waals surface area contributed by atoms with E-state index in [9.17, 15) is 0 Å². The average molecular weight is 206 g/mol. The summed E-state index contributed by atoms with van der Waals surface area (Å²) >= 11 is 0. The van der Waals surface area contributed by atoms with Gasteiger partial charge in [-0.3, -0.25) is 9.80 Å². The summed E-state index contributed by atoms with van der Waals surface area (Å²) < 4.78 is 0. The van der Waals surface area contributed by atoms with Crippen LogP contribution in [-0.4, -0.2) is 48.6 Å². The van der Waals surface area contributed by atoms with E-state index in [1.807, 2.05) is 0 Å². The molecule has 1 heterocycles. The molecule has 2 fully saturated rings. The normalized spacial score (nSPS) is 25.5. The van der Waals surface area contributed by atoms with E-state index in [0.717, 1.165) is 19.0 Å². The van der Waals surface area contributed by atoms with Crippen LogP contribution in [0, 0.1) is 12.3 Å². The van der Waals surface area contributed by atoms with Crippen LogP contribution in [0.5, 0.6) is 0 Å². The van der Waals surface area contributed by atoms with Gasteiger partial charge in [0.2, 0.25) is 0 Å². The highest BCUT2D eigenvalue weighted by Gasteiger charge is 2.25.